The quantitative estimate of drug-likeness (QED) is 0.875. The summed E-state index contributed by atoms with van der Waals surface area (Å²) in [6.45, 7) is 4.06. The first-order valence-corrected chi connectivity index (χ1v) is 7.15. The number of benzene rings is 1. The second-order valence-electron chi connectivity index (χ2n) is 5.39. The largest absolute Gasteiger partial charge is 0.491 e. The molecule has 0 amide bonds. The van der Waals surface area contributed by atoms with Gasteiger partial charge in [-0.2, -0.15) is 0 Å². The van der Waals surface area contributed by atoms with Gasteiger partial charge in [-0.15, -0.1) is 0 Å². The van der Waals surface area contributed by atoms with Crippen LogP contribution in [-0.2, 0) is 0 Å². The summed E-state index contributed by atoms with van der Waals surface area (Å²) < 4.78 is 5.42. The molecule has 0 aromatic heterocycles. The Balaban J connectivity index is 2.10. The molecule has 0 spiro atoms. The summed E-state index contributed by atoms with van der Waals surface area (Å²) >= 11 is 0. The van der Waals surface area contributed by atoms with Crippen molar-refractivity contribution in [3.05, 3.63) is 65.3 Å². The predicted octanol–water partition coefficient (Wildman–Crippen LogP) is 2.96. The average molecular weight is 286 g/mol. The molecule has 2 N–H and O–H groups in total. The van der Waals surface area contributed by atoms with Gasteiger partial charge in [-0.3, -0.25) is 0 Å². The Hall–Kier alpha value is -1.84. The van der Waals surface area contributed by atoms with E-state index in [0.29, 0.717) is 5.75 Å². The first kappa shape index (κ1) is 15.5. The molecule has 0 saturated heterocycles. The van der Waals surface area contributed by atoms with E-state index in [1.807, 2.05) is 24.3 Å². The number of allylic oxidation sites excluding steroid dienone is 6. The third-order valence-electron chi connectivity index (χ3n) is 3.50. The van der Waals surface area contributed by atoms with E-state index in [2.05, 4.69) is 38.2 Å². The van der Waals surface area contributed by atoms with Crippen LogP contribution in [-0.4, -0.2) is 29.5 Å². The number of ether oxygens (including phenoxy) is 1. The second kappa shape index (κ2) is 7.25. The van der Waals surface area contributed by atoms with E-state index in [1.54, 1.807) is 0 Å². The number of hydrogen-bond donors (Lipinski definition) is 2. The van der Waals surface area contributed by atoms with Crippen LogP contribution in [0.15, 0.2) is 59.7 Å². The van der Waals surface area contributed by atoms with E-state index < -0.39 is 6.10 Å². The van der Waals surface area contributed by atoms with Crippen LogP contribution in [0.2, 0.25) is 0 Å². The van der Waals surface area contributed by atoms with Crippen molar-refractivity contribution in [3.8, 4) is 5.75 Å². The molecule has 1 aromatic carbocycles. The zero-order valence-electron chi connectivity index (χ0n) is 12.5. The van der Waals surface area contributed by atoms with E-state index >= 15 is 0 Å². The lowest BCUT2D eigenvalue weighted by Crippen LogP contribution is -2.21. The fraction of sp³-hybridized carbons (Fsp3) is 0.333. The number of hydrogen-bond acceptors (Lipinski definition) is 3. The normalized spacial score (nSPS) is 18.7. The van der Waals surface area contributed by atoms with E-state index in [0.717, 1.165) is 0 Å². The van der Waals surface area contributed by atoms with Gasteiger partial charge in [0.2, 0.25) is 0 Å². The molecule has 0 radical (unpaired) electrons. The van der Waals surface area contributed by atoms with Crippen molar-refractivity contribution in [2.24, 2.45) is 0 Å². The third kappa shape index (κ3) is 4.06. The molecule has 2 rings (SSSR count). The lowest BCUT2D eigenvalue weighted by atomic mass is 9.85. The van der Waals surface area contributed by atoms with Gasteiger partial charge >= 0.3 is 0 Å². The van der Waals surface area contributed by atoms with Gasteiger partial charge in [0, 0.05) is 5.92 Å². The van der Waals surface area contributed by atoms with Gasteiger partial charge in [0.15, 0.2) is 0 Å². The molecule has 0 heterocycles. The zero-order chi connectivity index (χ0) is 15.2. The van der Waals surface area contributed by atoms with Crippen LogP contribution in [0.4, 0.5) is 0 Å². The zero-order valence-corrected chi connectivity index (χ0v) is 12.5. The van der Waals surface area contributed by atoms with Crippen molar-refractivity contribution in [1.82, 2.24) is 0 Å². The fourth-order valence-corrected chi connectivity index (χ4v) is 2.33. The van der Waals surface area contributed by atoms with Crippen molar-refractivity contribution in [2.75, 3.05) is 13.2 Å². The van der Waals surface area contributed by atoms with Gasteiger partial charge in [-0.1, -0.05) is 42.0 Å². The first-order valence-electron chi connectivity index (χ1n) is 7.15. The van der Waals surface area contributed by atoms with Crippen LogP contribution in [0.25, 0.3) is 0 Å². The summed E-state index contributed by atoms with van der Waals surface area (Å²) in [6, 6.07) is 7.87. The van der Waals surface area contributed by atoms with Crippen LogP contribution in [0.1, 0.15) is 25.3 Å². The van der Waals surface area contributed by atoms with Crippen molar-refractivity contribution < 1.29 is 14.9 Å². The van der Waals surface area contributed by atoms with Crippen LogP contribution < -0.4 is 4.74 Å². The lowest BCUT2D eigenvalue weighted by Gasteiger charge is -2.20. The molecule has 1 aliphatic carbocycles. The van der Waals surface area contributed by atoms with Crippen molar-refractivity contribution in [3.63, 3.8) is 0 Å². The Morgan fingerprint density at radius 2 is 1.90 bits per heavy atom. The molecule has 1 aliphatic rings. The molecule has 0 bridgehead atoms. The number of aliphatic hydroxyl groups excluding tert-OH is 2. The molecule has 112 valence electrons. The molecule has 2 unspecified atom stereocenters. The van der Waals surface area contributed by atoms with Gasteiger partial charge in [-0.05, 0) is 37.1 Å². The van der Waals surface area contributed by atoms with Gasteiger partial charge in [0.05, 0.1) is 6.61 Å². The summed E-state index contributed by atoms with van der Waals surface area (Å²) in [4.78, 5) is 0. The van der Waals surface area contributed by atoms with Crippen LogP contribution in [0.5, 0.6) is 5.75 Å². The predicted molar refractivity (Wildman–Crippen MR) is 84.4 cm³/mol. The van der Waals surface area contributed by atoms with Gasteiger partial charge < -0.3 is 14.9 Å². The summed E-state index contributed by atoms with van der Waals surface area (Å²) in [5, 5.41) is 18.0. The molecule has 2 atom stereocenters. The van der Waals surface area contributed by atoms with Gasteiger partial charge in [0.25, 0.3) is 0 Å². The smallest absolute Gasteiger partial charge is 0.119 e. The molecule has 0 fully saturated rings. The monoisotopic (exact) mass is 286 g/mol. The summed E-state index contributed by atoms with van der Waals surface area (Å²) in [5.41, 5.74) is 3.84. The topological polar surface area (TPSA) is 49.7 Å². The molecule has 3 nitrogen and oxygen atoms in total. The minimum Gasteiger partial charge on any atom is -0.491 e. The van der Waals surface area contributed by atoms with Gasteiger partial charge in [-0.25, -0.2) is 0 Å². The highest BCUT2D eigenvalue weighted by molar-refractivity contribution is 5.46. The van der Waals surface area contributed by atoms with E-state index in [1.165, 1.54) is 16.7 Å². The van der Waals surface area contributed by atoms with Crippen LogP contribution in [0.3, 0.4) is 0 Å². The van der Waals surface area contributed by atoms with E-state index in [4.69, 9.17) is 9.84 Å². The Morgan fingerprint density at radius 1 is 1.19 bits per heavy atom. The Kier molecular flexibility index (Phi) is 5.37. The maximum atomic E-state index is 9.28. The maximum absolute atomic E-state index is 9.28. The Labute approximate surface area is 125 Å². The Morgan fingerprint density at radius 3 is 2.52 bits per heavy atom. The van der Waals surface area contributed by atoms with Gasteiger partial charge in [0.1, 0.15) is 18.5 Å². The molecule has 21 heavy (non-hydrogen) atoms. The van der Waals surface area contributed by atoms with Crippen LogP contribution >= 0.6 is 0 Å². The molecule has 3 heteroatoms. The summed E-state index contributed by atoms with van der Waals surface area (Å²) in [5.74, 6) is 0.970. The molecule has 0 aliphatic heterocycles. The maximum Gasteiger partial charge on any atom is 0.119 e. The molecular weight excluding hydrogens is 264 g/mol. The minimum atomic E-state index is -0.839. The SMILES string of the molecule is CC(C)=C1C=CC=CC1c1ccc(OCC(O)CO)cc1. The van der Waals surface area contributed by atoms with Crippen molar-refractivity contribution >= 4 is 0 Å². The highest BCUT2D eigenvalue weighted by atomic mass is 16.5. The fourth-order valence-electron chi connectivity index (χ4n) is 2.33. The Bertz CT molecular complexity index is 548. The van der Waals surface area contributed by atoms with Crippen molar-refractivity contribution in [1.29, 1.82) is 0 Å². The summed E-state index contributed by atoms with van der Waals surface area (Å²) in [7, 11) is 0. The molecular formula is C18H22O3. The lowest BCUT2D eigenvalue weighted by molar-refractivity contribution is 0.0536. The third-order valence-corrected chi connectivity index (χ3v) is 3.50. The average Bonchev–Trinajstić information content (AvgIpc) is 2.53. The van der Waals surface area contributed by atoms with E-state index in [-0.39, 0.29) is 19.1 Å². The second-order valence-corrected chi connectivity index (χ2v) is 5.39. The molecule has 0 saturated carbocycles. The highest BCUT2D eigenvalue weighted by Crippen LogP contribution is 2.32. The first-order chi connectivity index (χ1) is 10.1. The number of aliphatic hydroxyl groups is 2. The number of rotatable bonds is 5. The van der Waals surface area contributed by atoms with Crippen molar-refractivity contribution in [2.45, 2.75) is 25.9 Å². The highest BCUT2D eigenvalue weighted by Gasteiger charge is 2.15. The van der Waals surface area contributed by atoms with Crippen LogP contribution in [0, 0.1) is 0 Å². The standard InChI is InChI=1S/C18H22O3/c1-13(2)17-5-3-4-6-18(17)14-7-9-16(10-8-14)21-12-15(20)11-19/h3-10,15,18-20H,11-12H2,1-2H3. The minimum absolute atomic E-state index is 0.0983. The summed E-state index contributed by atoms with van der Waals surface area (Å²) in [6.07, 6.45) is 7.63. The van der Waals surface area contributed by atoms with E-state index in [9.17, 15) is 5.11 Å². The molecule has 1 aromatic rings.